The van der Waals surface area contributed by atoms with E-state index < -0.39 is 17.7 Å². The molecule has 0 radical (unpaired) electrons. The van der Waals surface area contributed by atoms with Gasteiger partial charge in [0.25, 0.3) is 0 Å². The Morgan fingerprint density at radius 1 is 1.18 bits per heavy atom. The Hall–Kier alpha value is -2.66. The average Bonchev–Trinajstić information content (AvgIpc) is 2.66. The third-order valence-corrected chi connectivity index (χ3v) is 5.27. The van der Waals surface area contributed by atoms with Crippen molar-refractivity contribution in [2.24, 2.45) is 0 Å². The lowest BCUT2D eigenvalue weighted by Gasteiger charge is -2.31. The van der Waals surface area contributed by atoms with Gasteiger partial charge in [-0.15, -0.1) is 0 Å². The van der Waals surface area contributed by atoms with Crippen LogP contribution < -0.4 is 5.32 Å². The molecule has 0 saturated heterocycles. The number of hydrogen-bond acceptors (Lipinski definition) is 3. The van der Waals surface area contributed by atoms with Crippen LogP contribution in [0.25, 0.3) is 0 Å². The molecule has 28 heavy (non-hydrogen) atoms. The maximum atomic E-state index is 14.2. The minimum Gasteiger partial charge on any atom is -0.466 e. The molecule has 1 N–H and O–H groups in total. The Morgan fingerprint density at radius 3 is 2.54 bits per heavy atom. The predicted octanol–water partition coefficient (Wildman–Crippen LogP) is 5.27. The molecule has 0 bridgehead atoms. The molecule has 0 amide bonds. The van der Waals surface area contributed by atoms with Crippen LogP contribution in [0.15, 0.2) is 65.0 Å². The number of hydrogen-bond donors (Lipinski definition) is 1. The summed E-state index contributed by atoms with van der Waals surface area (Å²) in [4.78, 5) is 12.5. The Morgan fingerprint density at radius 2 is 1.89 bits per heavy atom. The van der Waals surface area contributed by atoms with Gasteiger partial charge in [-0.2, -0.15) is 0 Å². The van der Waals surface area contributed by atoms with Gasteiger partial charge in [-0.1, -0.05) is 35.9 Å². The molecular weight excluding hydrogens is 384 g/mol. The van der Waals surface area contributed by atoms with E-state index in [4.69, 9.17) is 16.3 Å². The molecule has 0 spiro atoms. The largest absolute Gasteiger partial charge is 0.466 e. The first-order valence-electron chi connectivity index (χ1n) is 8.77. The smallest absolute Gasteiger partial charge is 0.336 e. The summed E-state index contributed by atoms with van der Waals surface area (Å²) in [5.41, 5.74) is 3.67. The highest BCUT2D eigenvalue weighted by atomic mass is 35.5. The zero-order chi connectivity index (χ0) is 20.4. The Kier molecular flexibility index (Phi) is 5.84. The highest BCUT2D eigenvalue weighted by Crippen LogP contribution is 2.41. The van der Waals surface area contributed by atoms with Gasteiger partial charge in [0.1, 0.15) is 11.6 Å². The van der Waals surface area contributed by atoms with Gasteiger partial charge in [0.2, 0.25) is 0 Å². The number of benzene rings is 2. The molecule has 0 aromatic heterocycles. The summed E-state index contributed by atoms with van der Waals surface area (Å²) in [6.45, 7) is 3.60. The number of allylic oxidation sites excluding steroid dienone is 3. The van der Waals surface area contributed by atoms with Crippen LogP contribution in [0.2, 0.25) is 5.02 Å². The van der Waals surface area contributed by atoms with Crippen LogP contribution in [0.3, 0.4) is 0 Å². The number of halogens is 3. The highest BCUT2D eigenvalue weighted by Gasteiger charge is 2.34. The second kappa shape index (κ2) is 8.15. The number of nitrogens with one attached hydrogen (secondary N) is 1. The van der Waals surface area contributed by atoms with E-state index in [1.165, 1.54) is 25.3 Å². The van der Waals surface area contributed by atoms with Gasteiger partial charge < -0.3 is 10.1 Å². The first-order chi connectivity index (χ1) is 13.3. The molecule has 1 aliphatic rings. The van der Waals surface area contributed by atoms with E-state index in [2.05, 4.69) is 5.32 Å². The lowest BCUT2D eigenvalue weighted by Crippen LogP contribution is -2.30. The molecule has 1 aliphatic heterocycles. The van der Waals surface area contributed by atoms with Crippen LogP contribution in [0, 0.1) is 11.6 Å². The minimum atomic E-state index is -0.524. The summed E-state index contributed by atoms with van der Waals surface area (Å²) in [5.74, 6) is -1.79. The zero-order valence-corrected chi connectivity index (χ0v) is 16.5. The predicted molar refractivity (Wildman–Crippen MR) is 105 cm³/mol. The van der Waals surface area contributed by atoms with Gasteiger partial charge >= 0.3 is 5.97 Å². The van der Waals surface area contributed by atoms with Crippen LogP contribution in [0.1, 0.15) is 30.9 Å². The SMILES string of the molecule is COC(=O)C1=C(C)NC(Cc2ccccc2F)=C(C)C1c1ccc(F)cc1Cl. The van der Waals surface area contributed by atoms with Gasteiger partial charge in [0.15, 0.2) is 0 Å². The quantitative estimate of drug-likeness (QED) is 0.707. The van der Waals surface area contributed by atoms with Gasteiger partial charge in [-0.05, 0) is 48.7 Å². The van der Waals surface area contributed by atoms with E-state index in [1.54, 1.807) is 31.2 Å². The summed E-state index contributed by atoms with van der Waals surface area (Å²) >= 11 is 6.30. The first-order valence-corrected chi connectivity index (χ1v) is 9.15. The summed E-state index contributed by atoms with van der Waals surface area (Å²) in [6, 6.07) is 10.6. The number of rotatable bonds is 4. The lowest BCUT2D eigenvalue weighted by atomic mass is 9.80. The highest BCUT2D eigenvalue weighted by molar-refractivity contribution is 6.31. The number of carbonyl (C=O) groups excluding carboxylic acids is 1. The third-order valence-electron chi connectivity index (χ3n) is 4.94. The molecule has 0 fully saturated rings. The number of ether oxygens (including phenoxy) is 1. The summed E-state index contributed by atoms with van der Waals surface area (Å²) in [5, 5.41) is 3.43. The van der Waals surface area contributed by atoms with Crippen molar-refractivity contribution in [1.29, 1.82) is 0 Å². The van der Waals surface area contributed by atoms with Crippen LogP contribution in [-0.4, -0.2) is 13.1 Å². The van der Waals surface area contributed by atoms with Gasteiger partial charge in [-0.25, -0.2) is 13.6 Å². The lowest BCUT2D eigenvalue weighted by molar-refractivity contribution is -0.136. The Bertz CT molecular complexity index is 998. The van der Waals surface area contributed by atoms with Crippen molar-refractivity contribution in [1.82, 2.24) is 5.32 Å². The summed E-state index contributed by atoms with van der Waals surface area (Å²) < 4.78 is 32.7. The fourth-order valence-electron chi connectivity index (χ4n) is 3.52. The van der Waals surface area contributed by atoms with Crippen molar-refractivity contribution in [3.05, 3.63) is 92.8 Å². The van der Waals surface area contributed by atoms with Crippen molar-refractivity contribution in [3.63, 3.8) is 0 Å². The Balaban J connectivity index is 2.13. The molecule has 146 valence electrons. The molecule has 2 aromatic carbocycles. The number of methoxy groups -OCH3 is 1. The second-order valence-electron chi connectivity index (χ2n) is 6.68. The maximum Gasteiger partial charge on any atom is 0.336 e. The van der Waals surface area contributed by atoms with Gasteiger partial charge in [-0.3, -0.25) is 0 Å². The first kappa shape index (κ1) is 20.1. The molecule has 2 aromatic rings. The van der Waals surface area contributed by atoms with Gasteiger partial charge in [0.05, 0.1) is 12.7 Å². The topological polar surface area (TPSA) is 38.3 Å². The van der Waals surface area contributed by atoms with E-state index in [0.717, 1.165) is 11.3 Å². The van der Waals surface area contributed by atoms with Crippen LogP contribution in [0.5, 0.6) is 0 Å². The van der Waals surface area contributed by atoms with Crippen molar-refractivity contribution in [2.75, 3.05) is 7.11 Å². The number of carbonyl (C=O) groups is 1. The molecule has 3 nitrogen and oxygen atoms in total. The van der Waals surface area contributed by atoms with Crippen LogP contribution >= 0.6 is 11.6 Å². The molecular formula is C22H20ClF2NO2. The molecule has 0 saturated carbocycles. The second-order valence-corrected chi connectivity index (χ2v) is 7.09. The molecule has 0 aliphatic carbocycles. The van der Waals surface area contributed by atoms with Crippen molar-refractivity contribution < 1.29 is 18.3 Å². The number of esters is 1. The third kappa shape index (κ3) is 3.80. The monoisotopic (exact) mass is 403 g/mol. The standard InChI is InChI=1S/C22H20ClF2NO2/c1-12-19(10-14-6-4-5-7-18(14)25)26-13(2)21(22(27)28-3)20(12)16-9-8-15(24)11-17(16)23/h4-9,11,20,26H,10H2,1-3H3. The van der Waals surface area contributed by atoms with E-state index >= 15 is 0 Å². The summed E-state index contributed by atoms with van der Waals surface area (Å²) in [7, 11) is 1.31. The van der Waals surface area contributed by atoms with Gasteiger partial charge in [0, 0.05) is 28.8 Å². The molecule has 1 heterocycles. The van der Waals surface area contributed by atoms with Crippen molar-refractivity contribution in [3.8, 4) is 0 Å². The van der Waals surface area contributed by atoms with E-state index in [-0.39, 0.29) is 10.8 Å². The fraction of sp³-hybridized carbons (Fsp3) is 0.227. The molecule has 1 unspecified atom stereocenters. The maximum absolute atomic E-state index is 14.2. The summed E-state index contributed by atoms with van der Waals surface area (Å²) in [6.07, 6.45) is 0.319. The van der Waals surface area contributed by atoms with E-state index in [0.29, 0.717) is 28.8 Å². The minimum absolute atomic E-state index is 0.214. The fourth-order valence-corrected chi connectivity index (χ4v) is 3.80. The molecule has 1 atom stereocenters. The number of dihydropyridines is 1. The zero-order valence-electron chi connectivity index (χ0n) is 15.8. The average molecular weight is 404 g/mol. The van der Waals surface area contributed by atoms with Crippen molar-refractivity contribution in [2.45, 2.75) is 26.2 Å². The Labute approximate surface area is 167 Å². The normalized spacial score (nSPS) is 16.9. The van der Waals surface area contributed by atoms with Crippen LogP contribution in [0.4, 0.5) is 8.78 Å². The molecule has 3 rings (SSSR count). The van der Waals surface area contributed by atoms with Crippen molar-refractivity contribution >= 4 is 17.6 Å². The van der Waals surface area contributed by atoms with E-state index in [9.17, 15) is 13.6 Å². The van der Waals surface area contributed by atoms with E-state index in [1.807, 2.05) is 6.92 Å². The molecule has 6 heteroatoms. The van der Waals surface area contributed by atoms with Crippen LogP contribution in [-0.2, 0) is 16.0 Å².